The van der Waals surface area contributed by atoms with Crippen LogP contribution in [0.2, 0.25) is 0 Å². The van der Waals surface area contributed by atoms with Gasteiger partial charge < -0.3 is 4.90 Å². The Balaban J connectivity index is 1.95. The van der Waals surface area contributed by atoms with E-state index in [2.05, 4.69) is 0 Å². The van der Waals surface area contributed by atoms with Crippen LogP contribution in [0.5, 0.6) is 0 Å². The van der Waals surface area contributed by atoms with Crippen LogP contribution < -0.4 is 4.90 Å². The van der Waals surface area contributed by atoms with Crippen molar-refractivity contribution in [1.82, 2.24) is 4.31 Å². The largest absolute Gasteiger partial charge is 0.311 e. The van der Waals surface area contributed by atoms with Gasteiger partial charge in [0, 0.05) is 31.5 Å². The second-order valence-electron chi connectivity index (χ2n) is 6.82. The molecule has 0 spiro atoms. The van der Waals surface area contributed by atoms with Crippen LogP contribution in [-0.4, -0.2) is 44.0 Å². The molecule has 138 valence electrons. The molecule has 0 unspecified atom stereocenters. The molecular weight excluding hydrogens is 356 g/mol. The summed E-state index contributed by atoms with van der Waals surface area (Å²) in [5.41, 5.74) is 0.730. The minimum atomic E-state index is -3.55. The van der Waals surface area contributed by atoms with E-state index in [4.69, 9.17) is 0 Å². The number of thioether (sulfide) groups is 1. The summed E-state index contributed by atoms with van der Waals surface area (Å²) in [6.45, 7) is 2.17. The van der Waals surface area contributed by atoms with Crippen molar-refractivity contribution < 1.29 is 13.2 Å². The first-order chi connectivity index (χ1) is 11.9. The number of sulfonamides is 1. The number of rotatable bonds is 3. The van der Waals surface area contributed by atoms with Crippen LogP contribution in [0.25, 0.3) is 0 Å². The number of amides is 1. The molecule has 1 aromatic carbocycles. The van der Waals surface area contributed by atoms with Gasteiger partial charge in [-0.25, -0.2) is 8.42 Å². The van der Waals surface area contributed by atoms with Gasteiger partial charge in [-0.2, -0.15) is 4.31 Å². The Morgan fingerprint density at radius 3 is 2.60 bits per heavy atom. The van der Waals surface area contributed by atoms with Gasteiger partial charge in [0.05, 0.1) is 10.6 Å². The monoisotopic (exact) mass is 382 g/mol. The number of carbonyl (C=O) groups is 1. The number of benzene rings is 1. The summed E-state index contributed by atoms with van der Waals surface area (Å²) in [7, 11) is -1.86. The summed E-state index contributed by atoms with van der Waals surface area (Å²) >= 11 is 1.68. The molecule has 0 atom stereocenters. The molecule has 2 aliphatic rings. The Kier molecular flexibility index (Phi) is 5.75. The first kappa shape index (κ1) is 18.7. The third-order valence-corrected chi connectivity index (χ3v) is 8.21. The number of fused-ring (bicyclic) bond motifs is 1. The van der Waals surface area contributed by atoms with E-state index < -0.39 is 10.0 Å². The highest BCUT2D eigenvalue weighted by Gasteiger charge is 2.30. The molecule has 3 rings (SSSR count). The first-order valence-corrected chi connectivity index (χ1v) is 11.4. The molecule has 1 aliphatic carbocycles. The van der Waals surface area contributed by atoms with Crippen LogP contribution in [0.3, 0.4) is 0 Å². The molecule has 0 N–H and O–H groups in total. The highest BCUT2D eigenvalue weighted by atomic mass is 32.2. The number of hydrogen-bond acceptors (Lipinski definition) is 4. The summed E-state index contributed by atoms with van der Waals surface area (Å²) in [4.78, 5) is 15.0. The third kappa shape index (κ3) is 3.88. The maximum absolute atomic E-state index is 13.1. The minimum absolute atomic E-state index is 0.0427. The van der Waals surface area contributed by atoms with Gasteiger partial charge in [0.25, 0.3) is 0 Å². The number of hydrogen-bond donors (Lipinski definition) is 0. The molecule has 1 amide bonds. The maximum Gasteiger partial charge on any atom is 0.243 e. The number of anilines is 1. The van der Waals surface area contributed by atoms with Gasteiger partial charge in [-0.15, -0.1) is 11.8 Å². The summed E-state index contributed by atoms with van der Waals surface area (Å²) in [6.07, 6.45) is 6.12. The van der Waals surface area contributed by atoms with Crippen molar-refractivity contribution in [1.29, 1.82) is 0 Å². The zero-order valence-corrected chi connectivity index (χ0v) is 16.5. The second kappa shape index (κ2) is 7.68. The van der Waals surface area contributed by atoms with E-state index >= 15 is 0 Å². The molecule has 1 aliphatic heterocycles. The smallest absolute Gasteiger partial charge is 0.243 e. The van der Waals surface area contributed by atoms with E-state index in [1.54, 1.807) is 35.8 Å². The van der Waals surface area contributed by atoms with Gasteiger partial charge >= 0.3 is 0 Å². The minimum Gasteiger partial charge on any atom is -0.311 e. The lowest BCUT2D eigenvalue weighted by Gasteiger charge is -2.31. The van der Waals surface area contributed by atoms with Gasteiger partial charge in [-0.3, -0.25) is 4.79 Å². The highest BCUT2D eigenvalue weighted by Crippen LogP contribution is 2.37. The van der Waals surface area contributed by atoms with Crippen LogP contribution in [0.1, 0.15) is 45.4 Å². The molecule has 1 heterocycles. The molecule has 1 saturated carbocycles. The fourth-order valence-electron chi connectivity index (χ4n) is 3.65. The SMILES string of the molecule is CC(=O)N1CCCSc2ccc(S(=O)(=O)N(C)C3CCCCC3)cc21. The molecule has 0 bridgehead atoms. The Morgan fingerprint density at radius 1 is 1.20 bits per heavy atom. The van der Waals surface area contributed by atoms with Crippen molar-refractivity contribution in [2.24, 2.45) is 0 Å². The third-order valence-electron chi connectivity index (χ3n) is 5.15. The van der Waals surface area contributed by atoms with Crippen molar-refractivity contribution >= 4 is 33.4 Å². The summed E-state index contributed by atoms with van der Waals surface area (Å²) < 4.78 is 27.7. The molecule has 5 nitrogen and oxygen atoms in total. The molecule has 0 saturated heterocycles. The molecule has 1 fully saturated rings. The fraction of sp³-hybridized carbons (Fsp3) is 0.611. The van der Waals surface area contributed by atoms with Gasteiger partial charge in [0.2, 0.25) is 15.9 Å². The lowest BCUT2D eigenvalue weighted by Crippen LogP contribution is -2.38. The van der Waals surface area contributed by atoms with Crippen LogP contribution in [0, 0.1) is 0 Å². The van der Waals surface area contributed by atoms with Crippen LogP contribution in [0.4, 0.5) is 5.69 Å². The van der Waals surface area contributed by atoms with Crippen LogP contribution >= 0.6 is 11.8 Å². The fourth-order valence-corrected chi connectivity index (χ4v) is 6.06. The number of carbonyl (C=O) groups excluding carboxylic acids is 1. The van der Waals surface area contributed by atoms with Crippen molar-refractivity contribution in [3.05, 3.63) is 18.2 Å². The van der Waals surface area contributed by atoms with Crippen molar-refractivity contribution in [2.45, 2.75) is 61.3 Å². The van der Waals surface area contributed by atoms with Crippen molar-refractivity contribution in [3.63, 3.8) is 0 Å². The molecule has 1 aromatic rings. The van der Waals surface area contributed by atoms with Gasteiger partial charge in [0.1, 0.15) is 0 Å². The average Bonchev–Trinajstić information content (AvgIpc) is 2.83. The Morgan fingerprint density at radius 2 is 1.92 bits per heavy atom. The first-order valence-electron chi connectivity index (χ1n) is 8.94. The highest BCUT2D eigenvalue weighted by molar-refractivity contribution is 7.99. The quantitative estimate of drug-likeness (QED) is 0.803. The molecule has 25 heavy (non-hydrogen) atoms. The number of nitrogens with zero attached hydrogens (tertiary/aromatic N) is 2. The average molecular weight is 383 g/mol. The van der Waals surface area contributed by atoms with E-state index in [0.717, 1.165) is 48.4 Å². The van der Waals surface area contributed by atoms with Crippen LogP contribution in [0.15, 0.2) is 28.0 Å². The van der Waals surface area contributed by atoms with Crippen molar-refractivity contribution in [3.8, 4) is 0 Å². The Hall–Kier alpha value is -1.05. The lowest BCUT2D eigenvalue weighted by molar-refractivity contribution is -0.116. The Bertz CT molecular complexity index is 743. The maximum atomic E-state index is 13.1. The second-order valence-corrected chi connectivity index (χ2v) is 9.95. The van der Waals surface area contributed by atoms with E-state index in [-0.39, 0.29) is 16.8 Å². The van der Waals surface area contributed by atoms with Crippen molar-refractivity contribution in [2.75, 3.05) is 24.2 Å². The van der Waals surface area contributed by atoms with E-state index in [1.165, 1.54) is 17.6 Å². The summed E-state index contributed by atoms with van der Waals surface area (Å²) in [5.74, 6) is 0.893. The van der Waals surface area contributed by atoms with E-state index in [0.29, 0.717) is 6.54 Å². The summed E-state index contributed by atoms with van der Waals surface area (Å²) in [6, 6.07) is 5.30. The molecule has 0 aromatic heterocycles. The van der Waals surface area contributed by atoms with Gasteiger partial charge in [-0.05, 0) is 43.2 Å². The Labute approximate surface area is 154 Å². The zero-order chi connectivity index (χ0) is 18.0. The predicted molar refractivity (Wildman–Crippen MR) is 102 cm³/mol. The zero-order valence-electron chi connectivity index (χ0n) is 14.9. The molecule has 0 radical (unpaired) electrons. The van der Waals surface area contributed by atoms with E-state index in [9.17, 15) is 13.2 Å². The normalized spacial score (nSPS) is 19.6. The lowest BCUT2D eigenvalue weighted by atomic mass is 9.96. The molecule has 7 heteroatoms. The van der Waals surface area contributed by atoms with E-state index in [1.807, 2.05) is 6.07 Å². The summed E-state index contributed by atoms with van der Waals surface area (Å²) in [5, 5.41) is 0. The standard InChI is InChI=1S/C18H26N2O3S2/c1-14(21)20-11-6-12-24-18-10-9-16(13-17(18)20)25(22,23)19(2)15-7-4-3-5-8-15/h9-10,13,15H,3-8,11-12H2,1-2H3. The van der Waals surface area contributed by atoms with Crippen LogP contribution in [-0.2, 0) is 14.8 Å². The predicted octanol–water partition coefficient (Wildman–Crippen LogP) is 3.49. The van der Waals surface area contributed by atoms with Gasteiger partial charge in [-0.1, -0.05) is 19.3 Å². The molecular formula is C18H26N2O3S2. The topological polar surface area (TPSA) is 57.7 Å². The van der Waals surface area contributed by atoms with Gasteiger partial charge in [0.15, 0.2) is 0 Å².